The van der Waals surface area contributed by atoms with Crippen molar-refractivity contribution in [1.29, 1.82) is 0 Å². The molecule has 0 amide bonds. The predicted octanol–water partition coefficient (Wildman–Crippen LogP) is 7.27. The van der Waals surface area contributed by atoms with E-state index in [4.69, 9.17) is 0 Å². The fourth-order valence-corrected chi connectivity index (χ4v) is 20.7. The molecular formula is C24H35PSSe2. The van der Waals surface area contributed by atoms with Crippen LogP contribution in [0.15, 0.2) is 60.7 Å². The minimum atomic E-state index is -1.11. The zero-order valence-electron chi connectivity index (χ0n) is 17.4. The summed E-state index contributed by atoms with van der Waals surface area (Å²) in [6.45, 7) is 4.79. The van der Waals surface area contributed by atoms with Gasteiger partial charge in [-0.25, -0.2) is 0 Å². The third-order valence-electron chi connectivity index (χ3n) is 4.86. The summed E-state index contributed by atoms with van der Waals surface area (Å²) in [6, 6.07) is 22.1. The van der Waals surface area contributed by atoms with Crippen molar-refractivity contribution in [2.24, 2.45) is 0 Å². The average molecular weight is 545 g/mol. The maximum absolute atomic E-state index is 3.76. The second-order valence-electron chi connectivity index (χ2n) is 7.34. The van der Waals surface area contributed by atoms with Gasteiger partial charge >= 0.3 is 192 Å². The molecule has 0 nitrogen and oxygen atoms in total. The number of unbranched alkanes of at least 4 members (excludes halogenated alkanes) is 3. The molecule has 0 aliphatic heterocycles. The van der Waals surface area contributed by atoms with E-state index in [0.29, 0.717) is 0 Å². The molecule has 0 aromatic heterocycles. The van der Waals surface area contributed by atoms with Gasteiger partial charge in [-0.05, 0) is 0 Å². The van der Waals surface area contributed by atoms with E-state index < -0.39 is 4.71 Å². The molecule has 0 N–H and O–H groups in total. The van der Waals surface area contributed by atoms with E-state index >= 15 is 0 Å². The summed E-state index contributed by atoms with van der Waals surface area (Å²) in [7, 11) is 0. The van der Waals surface area contributed by atoms with Crippen LogP contribution in [0.5, 0.6) is 0 Å². The van der Waals surface area contributed by atoms with Crippen molar-refractivity contribution >= 4 is 46.1 Å². The molecule has 1 unspecified atom stereocenters. The predicted molar refractivity (Wildman–Crippen MR) is 134 cm³/mol. The van der Waals surface area contributed by atoms with E-state index in [1.807, 2.05) is 0 Å². The van der Waals surface area contributed by atoms with E-state index in [1.165, 1.54) is 67.3 Å². The third-order valence-corrected chi connectivity index (χ3v) is 18.8. The van der Waals surface area contributed by atoms with Crippen LogP contribution < -0.4 is 0 Å². The van der Waals surface area contributed by atoms with Crippen LogP contribution in [-0.4, -0.2) is 46.5 Å². The van der Waals surface area contributed by atoms with Crippen LogP contribution in [0.2, 0.25) is 5.32 Å². The molecule has 4 heteroatoms. The molecule has 2 aromatic carbocycles. The second-order valence-corrected chi connectivity index (χ2v) is 23.2. The van der Waals surface area contributed by atoms with Crippen LogP contribution in [0.3, 0.4) is 0 Å². The molecule has 0 saturated carbocycles. The average Bonchev–Trinajstić information content (AvgIpc) is 2.72. The number of hydrogen-bond donors (Lipinski definition) is 0. The molecule has 2 rings (SSSR count). The second kappa shape index (κ2) is 14.3. The Kier molecular flexibility index (Phi) is 12.5. The Hall–Kier alpha value is 0.259. The molecule has 0 spiro atoms. The van der Waals surface area contributed by atoms with Gasteiger partial charge in [-0.15, -0.1) is 0 Å². The number of aryl methyl sites for hydroxylation is 2. The maximum atomic E-state index is 3.76. The van der Waals surface area contributed by atoms with Crippen molar-refractivity contribution in [3.63, 3.8) is 0 Å². The van der Waals surface area contributed by atoms with Gasteiger partial charge in [0.05, 0.1) is 0 Å². The van der Waals surface area contributed by atoms with Crippen molar-refractivity contribution in [2.45, 2.75) is 61.8 Å². The van der Waals surface area contributed by atoms with Gasteiger partial charge in [0.15, 0.2) is 0 Å². The Balaban J connectivity index is 1.91. The monoisotopic (exact) mass is 546 g/mol. The first-order chi connectivity index (χ1) is 13.6. The van der Waals surface area contributed by atoms with Crippen molar-refractivity contribution in [3.8, 4) is 0 Å². The molecule has 0 saturated heterocycles. The molecule has 1 atom stereocenters. The Labute approximate surface area is 191 Å². The van der Waals surface area contributed by atoms with Gasteiger partial charge in [0, 0.05) is 0 Å². The summed E-state index contributed by atoms with van der Waals surface area (Å²) in [4.78, 5) is 0. The molecule has 0 heterocycles. The van der Waals surface area contributed by atoms with Crippen molar-refractivity contribution in [3.05, 3.63) is 71.8 Å². The van der Waals surface area contributed by atoms with Gasteiger partial charge in [0.25, 0.3) is 0 Å². The van der Waals surface area contributed by atoms with Crippen LogP contribution in [0, 0.1) is 0 Å². The van der Waals surface area contributed by atoms with Gasteiger partial charge in [0.1, 0.15) is 0 Å². The summed E-state index contributed by atoms with van der Waals surface area (Å²) in [5.41, 5.74) is 2.97. The van der Waals surface area contributed by atoms with E-state index in [1.54, 1.807) is 0 Å². The van der Waals surface area contributed by atoms with E-state index in [-0.39, 0.29) is 0 Å². The zero-order chi connectivity index (χ0) is 20.1. The van der Waals surface area contributed by atoms with E-state index in [2.05, 4.69) is 101 Å². The van der Waals surface area contributed by atoms with Crippen molar-refractivity contribution in [1.82, 2.24) is 0 Å². The number of hydrogen-bond acceptors (Lipinski definition) is 1. The summed E-state index contributed by atoms with van der Waals surface area (Å²) in [5, 5.41) is 1.46. The first-order valence-corrected chi connectivity index (χ1v) is 18.6. The SMILES string of the molecule is CCCCCC[Se]C(C)SP(=[Se])(CCc1ccccc1)CCc1ccccc1. The molecular weight excluding hydrogens is 509 g/mol. The zero-order valence-corrected chi connectivity index (χ0v) is 22.5. The van der Waals surface area contributed by atoms with Crippen LogP contribution >= 0.6 is 16.1 Å². The van der Waals surface area contributed by atoms with Crippen molar-refractivity contribution < 1.29 is 0 Å². The van der Waals surface area contributed by atoms with Crippen LogP contribution in [-0.2, 0) is 12.8 Å². The van der Waals surface area contributed by atoms with Crippen LogP contribution in [0.25, 0.3) is 0 Å². The van der Waals surface area contributed by atoms with Crippen molar-refractivity contribution in [2.75, 3.05) is 12.3 Å². The third kappa shape index (κ3) is 10.3. The molecule has 2 aromatic rings. The molecule has 0 fully saturated rings. The van der Waals surface area contributed by atoms with Gasteiger partial charge in [0.2, 0.25) is 0 Å². The molecule has 0 bridgehead atoms. The Morgan fingerprint density at radius 2 is 1.39 bits per heavy atom. The molecule has 0 aliphatic carbocycles. The number of benzene rings is 2. The Bertz CT molecular complexity index is 643. The van der Waals surface area contributed by atoms with Crippen LogP contribution in [0.4, 0.5) is 0 Å². The molecule has 0 aliphatic rings. The first-order valence-electron chi connectivity index (χ1n) is 10.6. The van der Waals surface area contributed by atoms with E-state index in [0.717, 1.165) is 19.1 Å². The van der Waals surface area contributed by atoms with Gasteiger partial charge < -0.3 is 0 Å². The molecule has 0 radical (unpaired) electrons. The number of rotatable bonds is 14. The van der Waals surface area contributed by atoms with Crippen LogP contribution in [0.1, 0.15) is 50.7 Å². The topological polar surface area (TPSA) is 0 Å². The van der Waals surface area contributed by atoms with Gasteiger partial charge in [-0.2, -0.15) is 0 Å². The fraction of sp³-hybridized carbons (Fsp3) is 0.500. The first kappa shape index (κ1) is 24.5. The van der Waals surface area contributed by atoms with E-state index in [9.17, 15) is 0 Å². The fourth-order valence-electron chi connectivity index (χ4n) is 3.18. The quantitative estimate of drug-likeness (QED) is 0.137. The Morgan fingerprint density at radius 1 is 0.857 bits per heavy atom. The molecule has 28 heavy (non-hydrogen) atoms. The Morgan fingerprint density at radius 3 is 1.89 bits per heavy atom. The van der Waals surface area contributed by atoms with Gasteiger partial charge in [-0.3, -0.25) is 0 Å². The minimum absolute atomic E-state index is 0.771. The van der Waals surface area contributed by atoms with Gasteiger partial charge in [-0.1, -0.05) is 0 Å². The molecule has 154 valence electrons. The normalized spacial score (nSPS) is 12.8. The summed E-state index contributed by atoms with van der Waals surface area (Å²) in [6.07, 6.45) is 10.7. The summed E-state index contributed by atoms with van der Waals surface area (Å²) < 4.78 is -0.282. The summed E-state index contributed by atoms with van der Waals surface area (Å²) >= 11 is 6.86. The summed E-state index contributed by atoms with van der Waals surface area (Å²) in [5.74, 6) is 0. The standard InChI is InChI=1S/C24H35PSSe2/c1-3-4-5-12-21-28-22(2)26-25(27,19-17-23-13-8-6-9-14-23)20-18-24-15-10-7-11-16-24/h6-11,13-16,22H,3-5,12,17-21H2,1-2H3.